The lowest BCUT2D eigenvalue weighted by atomic mass is 10.1. The highest BCUT2D eigenvalue weighted by Gasteiger charge is 2.10. The Hall–Kier alpha value is -1.98. The zero-order chi connectivity index (χ0) is 16.9. The van der Waals surface area contributed by atoms with E-state index in [2.05, 4.69) is 40.7 Å². The molecule has 0 aliphatic carbocycles. The van der Waals surface area contributed by atoms with Crippen LogP contribution in [-0.2, 0) is 16.1 Å². The first kappa shape index (κ1) is 16.9. The molecule has 4 nitrogen and oxygen atoms in total. The maximum absolute atomic E-state index is 12.1. The summed E-state index contributed by atoms with van der Waals surface area (Å²) in [6.07, 6.45) is 2.39. The maximum atomic E-state index is 12.1. The number of methoxy groups -OCH3 is 1. The van der Waals surface area contributed by atoms with E-state index in [9.17, 15) is 4.79 Å². The Balaban J connectivity index is 2.17. The highest BCUT2D eigenvalue weighted by atomic mass is 32.1. The van der Waals surface area contributed by atoms with Crippen molar-refractivity contribution in [1.29, 1.82) is 0 Å². The van der Waals surface area contributed by atoms with Crippen molar-refractivity contribution < 1.29 is 9.53 Å². The van der Waals surface area contributed by atoms with Crippen molar-refractivity contribution in [3.05, 3.63) is 41.2 Å². The lowest BCUT2D eigenvalue weighted by Crippen LogP contribution is -2.19. The number of benzene rings is 2. The minimum atomic E-state index is -0.0427. The van der Waals surface area contributed by atoms with Gasteiger partial charge in [-0.1, -0.05) is 55.0 Å². The second-order valence-electron chi connectivity index (χ2n) is 5.77. The van der Waals surface area contributed by atoms with E-state index in [-0.39, 0.29) is 5.91 Å². The minimum Gasteiger partial charge on any atom is -0.383 e. The van der Waals surface area contributed by atoms with E-state index in [4.69, 9.17) is 4.74 Å². The van der Waals surface area contributed by atoms with Gasteiger partial charge in [0.1, 0.15) is 0 Å². The highest BCUT2D eigenvalue weighted by Crippen LogP contribution is 2.27. The number of hydrogen-bond donors (Lipinski definition) is 0. The quantitative estimate of drug-likeness (QED) is 0.676. The molecule has 0 saturated heterocycles. The number of carbonyl (C=O) groups excluding carboxylic acids is 1. The normalized spacial score (nSPS) is 12.3. The standard InChI is InChI=1S/C19H22N2O2S/c1-3-4-9-17(22)20-19-21(12-13-23-2)16-11-10-14-7-5-6-8-15(14)18(16)24-19/h5-8,10-11H,3-4,9,12-13H2,1-2H3. The van der Waals surface area contributed by atoms with Gasteiger partial charge < -0.3 is 9.30 Å². The van der Waals surface area contributed by atoms with Crippen molar-refractivity contribution in [3.63, 3.8) is 0 Å². The molecule has 3 aromatic rings. The predicted octanol–water partition coefficient (Wildman–Crippen LogP) is 4.12. The molecule has 0 aliphatic heterocycles. The number of fused-ring (bicyclic) bond motifs is 3. The number of ether oxygens (including phenoxy) is 1. The smallest absolute Gasteiger partial charge is 0.248 e. The van der Waals surface area contributed by atoms with Gasteiger partial charge in [0.2, 0.25) is 5.91 Å². The SMILES string of the molecule is CCCCC(=O)N=c1sc2c3ccccc3ccc2n1CCOC. The van der Waals surface area contributed by atoms with E-state index in [0.717, 1.165) is 23.2 Å². The van der Waals surface area contributed by atoms with Gasteiger partial charge in [-0.05, 0) is 17.9 Å². The molecule has 0 fully saturated rings. The van der Waals surface area contributed by atoms with Crippen LogP contribution in [0.25, 0.3) is 21.0 Å². The molecule has 24 heavy (non-hydrogen) atoms. The Kier molecular flexibility index (Phi) is 5.43. The molecule has 2 aromatic carbocycles. The summed E-state index contributed by atoms with van der Waals surface area (Å²) < 4.78 is 8.50. The minimum absolute atomic E-state index is 0.0427. The monoisotopic (exact) mass is 342 g/mol. The van der Waals surface area contributed by atoms with Crippen LogP contribution >= 0.6 is 11.3 Å². The van der Waals surface area contributed by atoms with Gasteiger partial charge in [-0.15, -0.1) is 0 Å². The molecular weight excluding hydrogens is 320 g/mol. The molecule has 126 valence electrons. The summed E-state index contributed by atoms with van der Waals surface area (Å²) in [7, 11) is 1.69. The van der Waals surface area contributed by atoms with Crippen molar-refractivity contribution >= 4 is 38.2 Å². The van der Waals surface area contributed by atoms with Crippen LogP contribution in [0.2, 0.25) is 0 Å². The third-order valence-corrected chi connectivity index (χ3v) is 5.18. The second-order valence-corrected chi connectivity index (χ2v) is 6.75. The summed E-state index contributed by atoms with van der Waals surface area (Å²) in [6, 6.07) is 12.6. The fraction of sp³-hybridized carbons (Fsp3) is 0.368. The fourth-order valence-electron chi connectivity index (χ4n) is 2.77. The summed E-state index contributed by atoms with van der Waals surface area (Å²) in [5.74, 6) is -0.0427. The summed E-state index contributed by atoms with van der Waals surface area (Å²) in [4.78, 5) is 17.3. The van der Waals surface area contributed by atoms with E-state index >= 15 is 0 Å². The van der Waals surface area contributed by atoms with Crippen molar-refractivity contribution in [3.8, 4) is 0 Å². The lowest BCUT2D eigenvalue weighted by Gasteiger charge is -2.05. The molecule has 1 amide bonds. The Morgan fingerprint density at radius 3 is 2.88 bits per heavy atom. The zero-order valence-electron chi connectivity index (χ0n) is 14.1. The first-order chi connectivity index (χ1) is 11.7. The van der Waals surface area contributed by atoms with Gasteiger partial charge in [0.25, 0.3) is 0 Å². The molecular formula is C19H22N2O2S. The molecule has 1 aromatic heterocycles. The Morgan fingerprint density at radius 1 is 1.25 bits per heavy atom. The molecule has 3 rings (SSSR count). The fourth-order valence-corrected chi connectivity index (χ4v) is 3.98. The number of aromatic nitrogens is 1. The molecule has 1 heterocycles. The number of carbonyl (C=O) groups is 1. The first-order valence-corrected chi connectivity index (χ1v) is 9.14. The summed E-state index contributed by atoms with van der Waals surface area (Å²) in [6.45, 7) is 3.36. The third-order valence-electron chi connectivity index (χ3n) is 4.06. The number of nitrogens with zero attached hydrogens (tertiary/aromatic N) is 2. The predicted molar refractivity (Wildman–Crippen MR) is 99.3 cm³/mol. The van der Waals surface area contributed by atoms with Crippen LogP contribution in [0.5, 0.6) is 0 Å². The Labute approximate surface area is 145 Å². The molecule has 0 unspecified atom stereocenters. The second kappa shape index (κ2) is 7.73. The van der Waals surface area contributed by atoms with Crippen LogP contribution in [-0.4, -0.2) is 24.2 Å². The average Bonchev–Trinajstić information content (AvgIpc) is 2.95. The first-order valence-electron chi connectivity index (χ1n) is 8.32. The molecule has 0 saturated carbocycles. The molecule has 0 radical (unpaired) electrons. The topological polar surface area (TPSA) is 43.6 Å². The average molecular weight is 342 g/mol. The summed E-state index contributed by atoms with van der Waals surface area (Å²) in [5, 5.41) is 2.41. The molecule has 0 bridgehead atoms. The van der Waals surface area contributed by atoms with Crippen LogP contribution in [0.3, 0.4) is 0 Å². The van der Waals surface area contributed by atoms with Crippen molar-refractivity contribution in [2.75, 3.05) is 13.7 Å². The van der Waals surface area contributed by atoms with Gasteiger partial charge in [-0.3, -0.25) is 4.79 Å². The number of rotatable bonds is 6. The molecule has 5 heteroatoms. The molecule has 0 atom stereocenters. The van der Waals surface area contributed by atoms with Crippen LogP contribution in [0.15, 0.2) is 41.4 Å². The maximum Gasteiger partial charge on any atom is 0.248 e. The van der Waals surface area contributed by atoms with Gasteiger partial charge in [0.05, 0.1) is 16.8 Å². The Morgan fingerprint density at radius 2 is 2.08 bits per heavy atom. The number of hydrogen-bond acceptors (Lipinski definition) is 3. The number of thiazole rings is 1. The van der Waals surface area contributed by atoms with Crippen LogP contribution in [0.4, 0.5) is 0 Å². The number of unbranched alkanes of at least 4 members (excludes halogenated alkanes) is 1. The molecule has 0 spiro atoms. The van der Waals surface area contributed by atoms with Crippen molar-refractivity contribution in [2.24, 2.45) is 4.99 Å². The van der Waals surface area contributed by atoms with Gasteiger partial charge in [0.15, 0.2) is 4.80 Å². The highest BCUT2D eigenvalue weighted by molar-refractivity contribution is 7.17. The lowest BCUT2D eigenvalue weighted by molar-refractivity contribution is -0.118. The van der Waals surface area contributed by atoms with Gasteiger partial charge >= 0.3 is 0 Å². The van der Waals surface area contributed by atoms with E-state index in [0.29, 0.717) is 19.6 Å². The largest absolute Gasteiger partial charge is 0.383 e. The van der Waals surface area contributed by atoms with E-state index in [1.807, 2.05) is 12.1 Å². The summed E-state index contributed by atoms with van der Waals surface area (Å²) in [5.41, 5.74) is 1.11. The molecule has 0 N–H and O–H groups in total. The van der Waals surface area contributed by atoms with Gasteiger partial charge in [-0.2, -0.15) is 4.99 Å². The van der Waals surface area contributed by atoms with E-state index < -0.39 is 0 Å². The van der Waals surface area contributed by atoms with Gasteiger partial charge in [0, 0.05) is 25.5 Å². The van der Waals surface area contributed by atoms with Crippen molar-refractivity contribution in [2.45, 2.75) is 32.7 Å². The zero-order valence-corrected chi connectivity index (χ0v) is 14.9. The third kappa shape index (κ3) is 3.42. The van der Waals surface area contributed by atoms with E-state index in [1.54, 1.807) is 18.4 Å². The van der Waals surface area contributed by atoms with Crippen molar-refractivity contribution in [1.82, 2.24) is 4.57 Å². The molecule has 0 aliphatic rings. The summed E-state index contributed by atoms with van der Waals surface area (Å²) >= 11 is 1.59. The van der Waals surface area contributed by atoms with E-state index in [1.165, 1.54) is 15.5 Å². The number of amides is 1. The van der Waals surface area contributed by atoms with Gasteiger partial charge in [-0.25, -0.2) is 0 Å². The van der Waals surface area contributed by atoms with Crippen LogP contribution in [0, 0.1) is 0 Å². The Bertz CT molecular complexity index is 924. The van der Waals surface area contributed by atoms with Crippen LogP contribution < -0.4 is 4.80 Å². The van der Waals surface area contributed by atoms with Crippen LogP contribution in [0.1, 0.15) is 26.2 Å².